The van der Waals surface area contributed by atoms with E-state index in [1.54, 1.807) is 0 Å². The summed E-state index contributed by atoms with van der Waals surface area (Å²) in [4.78, 5) is 20.2. The number of rotatable bonds is 3. The van der Waals surface area contributed by atoms with Gasteiger partial charge in [-0.1, -0.05) is 6.92 Å². The number of alkyl carbamates (subject to hydrolysis) is 1. The van der Waals surface area contributed by atoms with Gasteiger partial charge in [-0.05, 0) is 59.8 Å². The van der Waals surface area contributed by atoms with Crippen molar-refractivity contribution in [2.24, 2.45) is 0 Å². The zero-order chi connectivity index (χ0) is 15.7. The predicted octanol–water partition coefficient (Wildman–Crippen LogP) is 3.44. The van der Waals surface area contributed by atoms with Gasteiger partial charge in [0, 0.05) is 5.69 Å². The highest BCUT2D eigenvalue weighted by atomic mass is 16.6. The number of aromatic nitrogens is 2. The van der Waals surface area contributed by atoms with Gasteiger partial charge in [-0.3, -0.25) is 0 Å². The van der Waals surface area contributed by atoms with E-state index in [1.807, 2.05) is 34.6 Å². The average Bonchev–Trinajstić information content (AvgIpc) is 2.80. The number of H-pyrrole nitrogens is 1. The van der Waals surface area contributed by atoms with Crippen LogP contribution in [-0.4, -0.2) is 21.7 Å². The minimum Gasteiger partial charge on any atom is -0.444 e. The smallest absolute Gasteiger partial charge is 0.408 e. The SMILES string of the molecule is CCC(C)(NC(=O)OC(C)(C)C)c1nc2c([nH]1)CCCC2. The fourth-order valence-corrected chi connectivity index (χ4v) is 2.56. The summed E-state index contributed by atoms with van der Waals surface area (Å²) in [5.74, 6) is 0.836. The van der Waals surface area contributed by atoms with E-state index in [9.17, 15) is 4.79 Å². The molecule has 0 spiro atoms. The molecule has 21 heavy (non-hydrogen) atoms. The quantitative estimate of drug-likeness (QED) is 0.897. The summed E-state index contributed by atoms with van der Waals surface area (Å²) in [6.45, 7) is 9.62. The van der Waals surface area contributed by atoms with Gasteiger partial charge in [0.2, 0.25) is 0 Å². The second-order valence-corrected chi connectivity index (χ2v) is 7.03. The van der Waals surface area contributed by atoms with Gasteiger partial charge in [0.25, 0.3) is 0 Å². The molecule has 0 radical (unpaired) electrons. The monoisotopic (exact) mass is 293 g/mol. The lowest BCUT2D eigenvalue weighted by Gasteiger charge is -2.29. The molecule has 1 aromatic heterocycles. The molecule has 0 bridgehead atoms. The van der Waals surface area contributed by atoms with Crippen molar-refractivity contribution in [3.8, 4) is 0 Å². The van der Waals surface area contributed by atoms with Crippen LogP contribution in [0.3, 0.4) is 0 Å². The Kier molecular flexibility index (Phi) is 4.30. The summed E-state index contributed by atoms with van der Waals surface area (Å²) >= 11 is 0. The van der Waals surface area contributed by atoms with Crippen LogP contribution in [0.4, 0.5) is 4.79 Å². The van der Waals surface area contributed by atoms with E-state index in [4.69, 9.17) is 9.72 Å². The van der Waals surface area contributed by atoms with Crippen molar-refractivity contribution >= 4 is 6.09 Å². The second-order valence-electron chi connectivity index (χ2n) is 7.03. The maximum absolute atomic E-state index is 12.1. The van der Waals surface area contributed by atoms with Crippen molar-refractivity contribution < 1.29 is 9.53 Å². The first-order chi connectivity index (χ1) is 9.73. The number of amides is 1. The van der Waals surface area contributed by atoms with Crippen LogP contribution in [0.25, 0.3) is 0 Å². The predicted molar refractivity (Wildman–Crippen MR) is 82.2 cm³/mol. The third-order valence-electron chi connectivity index (χ3n) is 3.96. The second kappa shape index (κ2) is 5.70. The minimum atomic E-state index is -0.528. The third kappa shape index (κ3) is 3.77. The molecule has 1 unspecified atom stereocenters. The summed E-state index contributed by atoms with van der Waals surface area (Å²) in [7, 11) is 0. The molecule has 2 N–H and O–H groups in total. The van der Waals surface area contributed by atoms with Gasteiger partial charge in [0.05, 0.1) is 11.2 Å². The molecule has 1 aliphatic rings. The topological polar surface area (TPSA) is 67.0 Å². The van der Waals surface area contributed by atoms with E-state index in [0.717, 1.165) is 30.8 Å². The van der Waals surface area contributed by atoms with E-state index >= 15 is 0 Å². The Labute approximate surface area is 126 Å². The molecule has 1 aliphatic carbocycles. The number of carbonyl (C=O) groups is 1. The number of carbonyl (C=O) groups excluding carboxylic acids is 1. The molecule has 5 heteroatoms. The lowest BCUT2D eigenvalue weighted by atomic mass is 9.98. The van der Waals surface area contributed by atoms with Crippen LogP contribution in [0.1, 0.15) is 71.1 Å². The highest BCUT2D eigenvalue weighted by Crippen LogP contribution is 2.27. The highest BCUT2D eigenvalue weighted by molar-refractivity contribution is 5.68. The maximum Gasteiger partial charge on any atom is 0.408 e. The van der Waals surface area contributed by atoms with Gasteiger partial charge in [0.1, 0.15) is 11.4 Å². The number of hydrogen-bond donors (Lipinski definition) is 2. The van der Waals surface area contributed by atoms with Gasteiger partial charge in [-0.15, -0.1) is 0 Å². The van der Waals surface area contributed by atoms with Crippen LogP contribution in [-0.2, 0) is 23.1 Å². The standard InChI is InChI=1S/C16H27N3O2/c1-6-16(5,19-14(20)21-15(2,3)4)13-17-11-9-7-8-10-12(11)18-13/h6-10H2,1-5H3,(H,17,18)(H,19,20). The summed E-state index contributed by atoms with van der Waals surface area (Å²) in [6, 6.07) is 0. The lowest BCUT2D eigenvalue weighted by molar-refractivity contribution is 0.0453. The molecule has 1 atom stereocenters. The Morgan fingerprint density at radius 2 is 1.95 bits per heavy atom. The Hall–Kier alpha value is -1.52. The zero-order valence-corrected chi connectivity index (χ0v) is 13.8. The molecular formula is C16H27N3O2. The van der Waals surface area contributed by atoms with Gasteiger partial charge in [0.15, 0.2) is 0 Å². The van der Waals surface area contributed by atoms with Crippen LogP contribution >= 0.6 is 0 Å². The van der Waals surface area contributed by atoms with E-state index in [2.05, 4.69) is 10.3 Å². The Balaban J connectivity index is 2.16. The number of hydrogen-bond acceptors (Lipinski definition) is 3. The Morgan fingerprint density at radius 1 is 1.29 bits per heavy atom. The molecule has 118 valence electrons. The molecule has 1 heterocycles. The van der Waals surface area contributed by atoms with Crippen molar-refractivity contribution in [1.82, 2.24) is 15.3 Å². The van der Waals surface area contributed by atoms with E-state index < -0.39 is 17.2 Å². The van der Waals surface area contributed by atoms with Crippen molar-refractivity contribution in [2.45, 2.75) is 77.9 Å². The van der Waals surface area contributed by atoms with Gasteiger partial charge < -0.3 is 15.0 Å². The molecule has 0 fully saturated rings. The lowest BCUT2D eigenvalue weighted by Crippen LogP contribution is -2.46. The van der Waals surface area contributed by atoms with Crippen LogP contribution in [0, 0.1) is 0 Å². The number of aromatic amines is 1. The fourth-order valence-electron chi connectivity index (χ4n) is 2.56. The van der Waals surface area contributed by atoms with Gasteiger partial charge in [-0.25, -0.2) is 9.78 Å². The molecule has 0 saturated carbocycles. The van der Waals surface area contributed by atoms with Crippen molar-refractivity contribution in [2.75, 3.05) is 0 Å². The molecule has 1 aromatic rings. The molecule has 0 saturated heterocycles. The Morgan fingerprint density at radius 3 is 2.52 bits per heavy atom. The first kappa shape index (κ1) is 15.9. The molecule has 2 rings (SSSR count). The summed E-state index contributed by atoms with van der Waals surface area (Å²) in [5.41, 5.74) is 1.35. The molecule has 0 aliphatic heterocycles. The maximum atomic E-state index is 12.1. The van der Waals surface area contributed by atoms with Crippen LogP contribution in [0.15, 0.2) is 0 Å². The first-order valence-electron chi connectivity index (χ1n) is 7.83. The number of ether oxygens (including phenoxy) is 1. The third-order valence-corrected chi connectivity index (χ3v) is 3.96. The molecular weight excluding hydrogens is 266 g/mol. The van der Waals surface area contributed by atoms with Gasteiger partial charge in [-0.2, -0.15) is 0 Å². The normalized spacial score (nSPS) is 17.8. The van der Waals surface area contributed by atoms with E-state index in [-0.39, 0.29) is 0 Å². The number of imidazole rings is 1. The molecule has 1 amide bonds. The van der Waals surface area contributed by atoms with Crippen molar-refractivity contribution in [1.29, 1.82) is 0 Å². The summed E-state index contributed by atoms with van der Waals surface area (Å²) in [5, 5.41) is 2.97. The zero-order valence-electron chi connectivity index (χ0n) is 13.8. The number of nitrogens with one attached hydrogen (secondary N) is 2. The van der Waals surface area contributed by atoms with Crippen LogP contribution < -0.4 is 5.32 Å². The minimum absolute atomic E-state index is 0.402. The average molecular weight is 293 g/mol. The fraction of sp³-hybridized carbons (Fsp3) is 0.750. The number of fused-ring (bicyclic) bond motifs is 1. The summed E-state index contributed by atoms with van der Waals surface area (Å²) < 4.78 is 5.37. The summed E-state index contributed by atoms with van der Waals surface area (Å²) in [6.07, 6.45) is 4.82. The number of nitrogens with zero attached hydrogens (tertiary/aromatic N) is 1. The van der Waals surface area contributed by atoms with Crippen LogP contribution in [0.5, 0.6) is 0 Å². The molecule has 0 aromatic carbocycles. The number of aryl methyl sites for hydroxylation is 2. The van der Waals surface area contributed by atoms with E-state index in [1.165, 1.54) is 18.5 Å². The largest absolute Gasteiger partial charge is 0.444 e. The first-order valence-corrected chi connectivity index (χ1v) is 7.83. The van der Waals surface area contributed by atoms with Crippen molar-refractivity contribution in [3.05, 3.63) is 17.2 Å². The Bertz CT molecular complexity index is 493. The van der Waals surface area contributed by atoms with Crippen molar-refractivity contribution in [3.63, 3.8) is 0 Å². The molecule has 5 nitrogen and oxygen atoms in total. The van der Waals surface area contributed by atoms with Crippen LogP contribution in [0.2, 0.25) is 0 Å². The highest BCUT2D eigenvalue weighted by Gasteiger charge is 2.33. The van der Waals surface area contributed by atoms with E-state index in [0.29, 0.717) is 0 Å². The van der Waals surface area contributed by atoms with Gasteiger partial charge >= 0.3 is 6.09 Å².